The molecule has 0 spiro atoms. The lowest BCUT2D eigenvalue weighted by atomic mass is 10.0. The van der Waals surface area contributed by atoms with Crippen molar-refractivity contribution in [3.05, 3.63) is 41.6 Å². The minimum absolute atomic E-state index is 0.292. The fourth-order valence-corrected chi connectivity index (χ4v) is 1.68. The van der Waals surface area contributed by atoms with E-state index in [1.807, 2.05) is 24.6 Å². The fraction of sp³-hybridized carbons (Fsp3) is 0.273. The first-order chi connectivity index (χ1) is 7.59. The Morgan fingerprint density at radius 2 is 2.12 bits per heavy atom. The van der Waals surface area contributed by atoms with Gasteiger partial charge in [-0.3, -0.25) is 0 Å². The summed E-state index contributed by atoms with van der Waals surface area (Å²) in [5, 5.41) is 0. The van der Waals surface area contributed by atoms with Crippen LogP contribution in [0.5, 0.6) is 0 Å². The summed E-state index contributed by atoms with van der Waals surface area (Å²) >= 11 is 0. The van der Waals surface area contributed by atoms with Crippen molar-refractivity contribution in [3.8, 4) is 0 Å². The molecule has 1 atom stereocenters. The number of hydrogen-bond donors (Lipinski definition) is 2. The van der Waals surface area contributed by atoms with Gasteiger partial charge in [-0.2, -0.15) is 0 Å². The maximum absolute atomic E-state index is 6.15. The molecule has 0 aliphatic carbocycles. The Hall–Kier alpha value is -1.88. The molecule has 16 heavy (non-hydrogen) atoms. The van der Waals surface area contributed by atoms with Crippen LogP contribution in [-0.4, -0.2) is 14.5 Å². The van der Waals surface area contributed by atoms with Gasteiger partial charge in [-0.15, -0.1) is 0 Å². The second kappa shape index (κ2) is 3.94. The highest BCUT2D eigenvalue weighted by atomic mass is 15.0. The zero-order valence-electron chi connectivity index (χ0n) is 9.38. The Bertz CT molecular complexity index is 503. The van der Waals surface area contributed by atoms with Crippen molar-refractivity contribution in [2.24, 2.45) is 12.8 Å². The molecular formula is C11H15N5. The molecule has 0 bridgehead atoms. The lowest BCUT2D eigenvalue weighted by Gasteiger charge is -2.14. The van der Waals surface area contributed by atoms with E-state index < -0.39 is 0 Å². The summed E-state index contributed by atoms with van der Waals surface area (Å²) in [5.74, 6) is 0.472. The van der Waals surface area contributed by atoms with Crippen LogP contribution in [0.25, 0.3) is 0 Å². The van der Waals surface area contributed by atoms with Crippen molar-refractivity contribution in [2.45, 2.75) is 13.0 Å². The van der Waals surface area contributed by atoms with Crippen molar-refractivity contribution in [3.63, 3.8) is 0 Å². The van der Waals surface area contributed by atoms with Crippen molar-refractivity contribution >= 4 is 5.82 Å². The zero-order chi connectivity index (χ0) is 11.7. The predicted molar refractivity (Wildman–Crippen MR) is 62.6 cm³/mol. The molecule has 1 unspecified atom stereocenters. The Balaban J connectivity index is 2.45. The Morgan fingerprint density at radius 1 is 1.38 bits per heavy atom. The highest BCUT2D eigenvalue weighted by Crippen LogP contribution is 2.23. The third-order valence-corrected chi connectivity index (χ3v) is 2.59. The summed E-state index contributed by atoms with van der Waals surface area (Å²) in [6, 6.07) is 1.67. The molecule has 5 heteroatoms. The van der Waals surface area contributed by atoms with Crippen LogP contribution in [0.3, 0.4) is 0 Å². The molecule has 0 fully saturated rings. The number of nitrogens with two attached hydrogens (primary N) is 2. The van der Waals surface area contributed by atoms with E-state index in [2.05, 4.69) is 9.97 Å². The Kier molecular flexibility index (Phi) is 2.62. The monoisotopic (exact) mass is 217 g/mol. The van der Waals surface area contributed by atoms with Crippen LogP contribution in [-0.2, 0) is 7.05 Å². The lowest BCUT2D eigenvalue weighted by Crippen LogP contribution is -2.17. The highest BCUT2D eigenvalue weighted by Gasteiger charge is 2.15. The van der Waals surface area contributed by atoms with Crippen LogP contribution in [0.15, 0.2) is 24.8 Å². The summed E-state index contributed by atoms with van der Waals surface area (Å²) in [4.78, 5) is 8.15. The maximum atomic E-state index is 6.15. The third kappa shape index (κ3) is 1.77. The normalized spacial score (nSPS) is 12.7. The van der Waals surface area contributed by atoms with Crippen LogP contribution >= 0.6 is 0 Å². The summed E-state index contributed by atoms with van der Waals surface area (Å²) in [7, 11) is 1.90. The van der Waals surface area contributed by atoms with Crippen molar-refractivity contribution < 1.29 is 0 Å². The molecule has 2 aromatic heterocycles. The molecule has 0 amide bonds. The quantitative estimate of drug-likeness (QED) is 0.777. The van der Waals surface area contributed by atoms with Gasteiger partial charge in [-0.1, -0.05) is 0 Å². The summed E-state index contributed by atoms with van der Waals surface area (Å²) < 4.78 is 1.88. The standard InChI is InChI=1S/C11H15N5/c1-7-3-8(11(13)15-4-7)10(12)9-5-14-6-16(9)2/h3-6,10H,12H2,1-2H3,(H2,13,15). The number of nitrogen functional groups attached to an aromatic ring is 1. The summed E-state index contributed by atoms with van der Waals surface area (Å²) in [5.41, 5.74) is 14.8. The summed E-state index contributed by atoms with van der Waals surface area (Å²) in [6.45, 7) is 1.96. The number of imidazole rings is 1. The van der Waals surface area contributed by atoms with E-state index in [1.165, 1.54) is 0 Å². The molecular weight excluding hydrogens is 202 g/mol. The molecule has 4 N–H and O–H groups in total. The average Bonchev–Trinajstić information content (AvgIpc) is 2.67. The van der Waals surface area contributed by atoms with Gasteiger partial charge in [0.2, 0.25) is 0 Å². The SMILES string of the molecule is Cc1cnc(N)c(C(N)c2cncn2C)c1. The fourth-order valence-electron chi connectivity index (χ4n) is 1.68. The topological polar surface area (TPSA) is 82.8 Å². The number of hydrogen-bond acceptors (Lipinski definition) is 4. The molecule has 0 aromatic carbocycles. The first-order valence-corrected chi connectivity index (χ1v) is 5.03. The van der Waals surface area contributed by atoms with E-state index in [-0.39, 0.29) is 6.04 Å². The van der Waals surface area contributed by atoms with Gasteiger partial charge in [0.1, 0.15) is 5.82 Å². The molecule has 0 saturated carbocycles. The van der Waals surface area contributed by atoms with Gasteiger partial charge in [-0.05, 0) is 18.6 Å². The van der Waals surface area contributed by atoms with E-state index in [1.54, 1.807) is 18.7 Å². The van der Waals surface area contributed by atoms with Crippen LogP contribution < -0.4 is 11.5 Å². The van der Waals surface area contributed by atoms with Crippen LogP contribution in [0.1, 0.15) is 22.9 Å². The van der Waals surface area contributed by atoms with E-state index in [4.69, 9.17) is 11.5 Å². The smallest absolute Gasteiger partial charge is 0.128 e. The number of rotatable bonds is 2. The lowest BCUT2D eigenvalue weighted by molar-refractivity contribution is 0.744. The van der Waals surface area contributed by atoms with Gasteiger partial charge in [-0.25, -0.2) is 9.97 Å². The molecule has 2 rings (SSSR count). The highest BCUT2D eigenvalue weighted by molar-refractivity contribution is 5.45. The first-order valence-electron chi connectivity index (χ1n) is 5.03. The van der Waals surface area contributed by atoms with E-state index in [9.17, 15) is 0 Å². The molecule has 0 radical (unpaired) electrons. The number of aromatic nitrogens is 3. The number of anilines is 1. The van der Waals surface area contributed by atoms with Gasteiger partial charge in [0, 0.05) is 18.8 Å². The number of aryl methyl sites for hydroxylation is 2. The Morgan fingerprint density at radius 3 is 2.75 bits per heavy atom. The second-order valence-corrected chi connectivity index (χ2v) is 3.89. The van der Waals surface area contributed by atoms with E-state index in [0.717, 1.165) is 16.8 Å². The molecule has 2 heterocycles. The Labute approximate surface area is 94.1 Å². The number of pyridine rings is 1. The number of nitrogens with zero attached hydrogens (tertiary/aromatic N) is 3. The minimum atomic E-state index is -0.292. The minimum Gasteiger partial charge on any atom is -0.383 e. The van der Waals surface area contributed by atoms with Crippen LogP contribution in [0, 0.1) is 6.92 Å². The van der Waals surface area contributed by atoms with Crippen molar-refractivity contribution in [2.75, 3.05) is 5.73 Å². The van der Waals surface area contributed by atoms with Gasteiger partial charge in [0.05, 0.1) is 24.3 Å². The largest absolute Gasteiger partial charge is 0.383 e. The van der Waals surface area contributed by atoms with E-state index >= 15 is 0 Å². The van der Waals surface area contributed by atoms with Gasteiger partial charge in [0.25, 0.3) is 0 Å². The van der Waals surface area contributed by atoms with Crippen molar-refractivity contribution in [1.82, 2.24) is 14.5 Å². The van der Waals surface area contributed by atoms with Crippen molar-refractivity contribution in [1.29, 1.82) is 0 Å². The molecule has 2 aromatic rings. The zero-order valence-corrected chi connectivity index (χ0v) is 9.38. The molecule has 0 saturated heterocycles. The summed E-state index contributed by atoms with van der Waals surface area (Å²) in [6.07, 6.45) is 5.19. The molecule has 84 valence electrons. The second-order valence-electron chi connectivity index (χ2n) is 3.89. The molecule has 0 aliphatic rings. The maximum Gasteiger partial charge on any atom is 0.128 e. The third-order valence-electron chi connectivity index (χ3n) is 2.59. The van der Waals surface area contributed by atoms with Gasteiger partial charge >= 0.3 is 0 Å². The predicted octanol–water partition coefficient (Wildman–Crippen LogP) is 0.754. The van der Waals surface area contributed by atoms with Crippen LogP contribution in [0.4, 0.5) is 5.82 Å². The first kappa shape index (κ1) is 10.6. The van der Waals surface area contributed by atoms with Crippen LogP contribution in [0.2, 0.25) is 0 Å². The average molecular weight is 217 g/mol. The molecule has 5 nitrogen and oxygen atoms in total. The van der Waals surface area contributed by atoms with E-state index in [0.29, 0.717) is 5.82 Å². The van der Waals surface area contributed by atoms with Gasteiger partial charge in [0.15, 0.2) is 0 Å². The van der Waals surface area contributed by atoms with Gasteiger partial charge < -0.3 is 16.0 Å². The molecule has 0 aliphatic heterocycles.